The van der Waals surface area contributed by atoms with E-state index in [0.29, 0.717) is 24.6 Å². The number of hydrogen-bond acceptors (Lipinski definition) is 7. The molecule has 8 nitrogen and oxygen atoms in total. The van der Waals surface area contributed by atoms with Crippen LogP contribution in [0.5, 0.6) is 5.75 Å². The van der Waals surface area contributed by atoms with E-state index in [9.17, 15) is 13.9 Å². The van der Waals surface area contributed by atoms with E-state index in [-0.39, 0.29) is 11.8 Å². The fourth-order valence-electron chi connectivity index (χ4n) is 3.52. The number of hydrogen-bond donors (Lipinski definition) is 3. The maximum absolute atomic E-state index is 12.5. The largest absolute Gasteiger partial charge is 0.435 e. The number of nitrogens with two attached hydrogens (primary N) is 1. The highest BCUT2D eigenvalue weighted by Crippen LogP contribution is 2.27. The van der Waals surface area contributed by atoms with Crippen molar-refractivity contribution >= 4 is 17.0 Å². The van der Waals surface area contributed by atoms with Gasteiger partial charge in [-0.1, -0.05) is 6.07 Å². The minimum absolute atomic E-state index is 0.0596. The van der Waals surface area contributed by atoms with Gasteiger partial charge in [-0.15, -0.1) is 0 Å². The van der Waals surface area contributed by atoms with Gasteiger partial charge in [-0.05, 0) is 30.2 Å². The Morgan fingerprint density at radius 3 is 3.00 bits per heavy atom. The van der Waals surface area contributed by atoms with Crippen molar-refractivity contribution in [3.8, 4) is 5.75 Å². The summed E-state index contributed by atoms with van der Waals surface area (Å²) in [7, 11) is 0. The lowest BCUT2D eigenvalue weighted by Gasteiger charge is -2.33. The Hall–Kier alpha value is -2.82. The lowest BCUT2D eigenvalue weighted by molar-refractivity contribution is -0.0498. The van der Waals surface area contributed by atoms with Crippen LogP contribution >= 0.6 is 0 Å². The number of aromatic nitrogens is 3. The number of nitrogens with one attached hydrogen (secondary N) is 1. The highest BCUT2D eigenvalue weighted by molar-refractivity contribution is 5.76. The number of anilines is 2. The van der Waals surface area contributed by atoms with Crippen molar-refractivity contribution in [2.24, 2.45) is 5.73 Å². The zero-order valence-corrected chi connectivity index (χ0v) is 15.6. The number of aliphatic hydroxyl groups is 1. The third-order valence-electron chi connectivity index (χ3n) is 4.97. The van der Waals surface area contributed by atoms with E-state index in [4.69, 9.17) is 5.73 Å². The summed E-state index contributed by atoms with van der Waals surface area (Å²) in [6.45, 7) is -0.987. The Kier molecular flexibility index (Phi) is 5.56. The van der Waals surface area contributed by atoms with E-state index >= 15 is 0 Å². The predicted octanol–water partition coefficient (Wildman–Crippen LogP) is 1.97. The fourth-order valence-corrected chi connectivity index (χ4v) is 3.52. The average Bonchev–Trinajstić information content (AvgIpc) is 3.08. The summed E-state index contributed by atoms with van der Waals surface area (Å²) in [5.41, 5.74) is 8.21. The van der Waals surface area contributed by atoms with Crippen molar-refractivity contribution in [3.05, 3.63) is 48.4 Å². The van der Waals surface area contributed by atoms with E-state index in [0.717, 1.165) is 24.0 Å². The normalized spacial score (nSPS) is 20.3. The summed E-state index contributed by atoms with van der Waals surface area (Å²) in [5, 5.41) is 17.4. The second-order valence-corrected chi connectivity index (χ2v) is 7.03. The molecule has 4 rings (SSSR count). The Bertz CT molecular complexity index is 982. The summed E-state index contributed by atoms with van der Waals surface area (Å²) in [6, 6.07) is 8.06. The number of ether oxygens (including phenoxy) is 1. The molecule has 29 heavy (non-hydrogen) atoms. The quantitative estimate of drug-likeness (QED) is 0.577. The van der Waals surface area contributed by atoms with Crippen LogP contribution in [0, 0.1) is 0 Å². The molecule has 10 heteroatoms. The molecule has 3 aromatic rings. The molecule has 154 valence electrons. The Morgan fingerprint density at radius 2 is 2.21 bits per heavy atom. The highest BCUT2D eigenvalue weighted by atomic mass is 19.3. The molecule has 2 atom stereocenters. The number of rotatable bonds is 6. The lowest BCUT2D eigenvalue weighted by Crippen LogP contribution is -2.50. The first-order chi connectivity index (χ1) is 14.0. The second kappa shape index (κ2) is 8.27. The van der Waals surface area contributed by atoms with Crippen LogP contribution in [-0.4, -0.2) is 56.5 Å². The van der Waals surface area contributed by atoms with Gasteiger partial charge in [0.15, 0.2) is 5.82 Å². The molecular formula is C19H22F2N6O2. The van der Waals surface area contributed by atoms with Crippen LogP contribution in [0.15, 0.2) is 42.9 Å². The molecule has 0 spiro atoms. The highest BCUT2D eigenvalue weighted by Gasteiger charge is 2.25. The number of halogens is 2. The van der Waals surface area contributed by atoms with Crippen LogP contribution in [-0.2, 0) is 6.54 Å². The summed E-state index contributed by atoms with van der Waals surface area (Å²) >= 11 is 0. The van der Waals surface area contributed by atoms with Crippen LogP contribution in [0.1, 0.15) is 12.0 Å². The van der Waals surface area contributed by atoms with Gasteiger partial charge < -0.3 is 20.9 Å². The lowest BCUT2D eigenvalue weighted by atomic mass is 10.0. The molecule has 0 aliphatic carbocycles. The van der Waals surface area contributed by atoms with Gasteiger partial charge in [0.1, 0.15) is 17.6 Å². The topological polar surface area (TPSA) is 101 Å². The van der Waals surface area contributed by atoms with Crippen molar-refractivity contribution in [2.75, 3.05) is 18.4 Å². The molecule has 0 radical (unpaired) electrons. The standard InChI is InChI=1S/C19H22F2N6O2/c20-19(21)29-14-3-1-2-13(8-14)25-18-17-12(4-7-27(17)24-11-23-18)9-26-6-5-15(22)16(28)10-26/h1-4,7-8,11,15-16,19,28H,5-6,9-10,22H2,(H,23,24,25)/t15-,16+/m1/s1. The van der Waals surface area contributed by atoms with Crippen LogP contribution in [0.4, 0.5) is 20.3 Å². The number of likely N-dealkylation sites (tertiary alicyclic amines) is 1. The average molecular weight is 404 g/mol. The predicted molar refractivity (Wildman–Crippen MR) is 103 cm³/mol. The van der Waals surface area contributed by atoms with Gasteiger partial charge in [-0.2, -0.15) is 13.9 Å². The number of aliphatic hydroxyl groups excluding tert-OH is 1. The van der Waals surface area contributed by atoms with Crippen LogP contribution in [0.25, 0.3) is 5.52 Å². The minimum Gasteiger partial charge on any atom is -0.435 e. The molecule has 1 aliphatic heterocycles. The van der Waals surface area contributed by atoms with Gasteiger partial charge in [0, 0.05) is 43.6 Å². The number of nitrogens with zero attached hydrogens (tertiary/aromatic N) is 4. The maximum Gasteiger partial charge on any atom is 0.387 e. The summed E-state index contributed by atoms with van der Waals surface area (Å²) < 4.78 is 31.1. The Morgan fingerprint density at radius 1 is 1.34 bits per heavy atom. The first-order valence-corrected chi connectivity index (χ1v) is 9.29. The SMILES string of the molecule is N[C@@H]1CCN(Cc2ccn3ncnc(Nc4cccc(OC(F)F)c4)c23)C[C@@H]1O. The second-order valence-electron chi connectivity index (χ2n) is 7.03. The molecule has 1 aliphatic rings. The summed E-state index contributed by atoms with van der Waals surface area (Å²) in [6.07, 6.45) is 3.43. The number of alkyl halides is 2. The van der Waals surface area contributed by atoms with E-state index < -0.39 is 12.7 Å². The van der Waals surface area contributed by atoms with Crippen molar-refractivity contribution in [2.45, 2.75) is 31.7 Å². The summed E-state index contributed by atoms with van der Waals surface area (Å²) in [5.74, 6) is 0.604. The monoisotopic (exact) mass is 404 g/mol. The number of β-amino-alcohol motifs (C(OH)–C–C–N with tert-alkyl or cyclic N) is 1. The zero-order chi connectivity index (χ0) is 20.4. The van der Waals surface area contributed by atoms with Gasteiger partial charge in [0.25, 0.3) is 0 Å². The summed E-state index contributed by atoms with van der Waals surface area (Å²) in [4.78, 5) is 6.46. The van der Waals surface area contributed by atoms with Crippen molar-refractivity contribution in [1.29, 1.82) is 0 Å². The van der Waals surface area contributed by atoms with Gasteiger partial charge in [-0.25, -0.2) is 9.50 Å². The van der Waals surface area contributed by atoms with Crippen LogP contribution in [0.2, 0.25) is 0 Å². The number of piperidine rings is 1. The molecule has 0 saturated carbocycles. The molecular weight excluding hydrogens is 382 g/mol. The molecule has 3 heterocycles. The molecule has 0 unspecified atom stereocenters. The number of benzene rings is 1. The zero-order valence-electron chi connectivity index (χ0n) is 15.6. The molecule has 0 bridgehead atoms. The fraction of sp³-hybridized carbons (Fsp3) is 0.368. The van der Waals surface area contributed by atoms with E-state index in [1.807, 2.05) is 12.3 Å². The van der Waals surface area contributed by atoms with E-state index in [1.54, 1.807) is 16.6 Å². The van der Waals surface area contributed by atoms with Crippen molar-refractivity contribution < 1.29 is 18.6 Å². The molecule has 1 aromatic carbocycles. The van der Waals surface area contributed by atoms with Crippen molar-refractivity contribution in [3.63, 3.8) is 0 Å². The van der Waals surface area contributed by atoms with Crippen LogP contribution in [0.3, 0.4) is 0 Å². The number of fused-ring (bicyclic) bond motifs is 1. The Labute approximate surface area is 165 Å². The third kappa shape index (κ3) is 4.44. The molecule has 4 N–H and O–H groups in total. The molecule has 1 saturated heterocycles. The molecule has 2 aromatic heterocycles. The maximum atomic E-state index is 12.5. The van der Waals surface area contributed by atoms with Gasteiger partial charge in [0.05, 0.1) is 6.10 Å². The van der Waals surface area contributed by atoms with E-state index in [1.165, 1.54) is 18.5 Å². The molecule has 1 fully saturated rings. The Balaban J connectivity index is 1.58. The van der Waals surface area contributed by atoms with Gasteiger partial charge in [0.2, 0.25) is 0 Å². The van der Waals surface area contributed by atoms with Crippen LogP contribution < -0.4 is 15.8 Å². The van der Waals surface area contributed by atoms with Crippen molar-refractivity contribution in [1.82, 2.24) is 19.5 Å². The smallest absolute Gasteiger partial charge is 0.387 e. The first-order valence-electron chi connectivity index (χ1n) is 9.29. The molecule has 0 amide bonds. The van der Waals surface area contributed by atoms with Gasteiger partial charge in [-0.3, -0.25) is 4.90 Å². The third-order valence-corrected chi connectivity index (χ3v) is 4.97. The minimum atomic E-state index is -2.89. The van der Waals surface area contributed by atoms with E-state index in [2.05, 4.69) is 25.0 Å². The van der Waals surface area contributed by atoms with Gasteiger partial charge >= 0.3 is 6.61 Å². The first kappa shape index (κ1) is 19.5.